The van der Waals surface area contributed by atoms with Gasteiger partial charge >= 0.3 is 6.18 Å². The van der Waals surface area contributed by atoms with Crippen LogP contribution < -0.4 is 10.5 Å². The molecule has 1 aliphatic heterocycles. The lowest BCUT2D eigenvalue weighted by Gasteiger charge is -2.40. The predicted molar refractivity (Wildman–Crippen MR) is 144 cm³/mol. The van der Waals surface area contributed by atoms with E-state index in [9.17, 15) is 18.0 Å². The van der Waals surface area contributed by atoms with Crippen molar-refractivity contribution in [2.75, 3.05) is 31.1 Å². The molecule has 1 aliphatic rings. The zero-order valence-electron chi connectivity index (χ0n) is 22.5. The highest BCUT2D eigenvalue weighted by Gasteiger charge is 2.36. The molecule has 0 saturated carbocycles. The van der Waals surface area contributed by atoms with E-state index in [1.165, 1.54) is 12.1 Å². The topological polar surface area (TPSA) is 82.9 Å². The van der Waals surface area contributed by atoms with E-state index in [4.69, 9.17) is 0 Å². The number of anilines is 1. The van der Waals surface area contributed by atoms with E-state index >= 15 is 0 Å². The summed E-state index contributed by atoms with van der Waals surface area (Å²) >= 11 is 0. The maximum atomic E-state index is 13.5. The molecular formula is C28H32F3N7O. The average Bonchev–Trinajstić information content (AvgIpc) is 3.40. The van der Waals surface area contributed by atoms with Gasteiger partial charge in [0.15, 0.2) is 5.82 Å². The lowest BCUT2D eigenvalue weighted by Crippen LogP contribution is -2.49. The minimum atomic E-state index is -4.40. The third kappa shape index (κ3) is 5.15. The minimum Gasteiger partial charge on any atom is -0.369 e. The fourth-order valence-corrected chi connectivity index (χ4v) is 5.17. The number of benzene rings is 2. The predicted octanol–water partition coefficient (Wildman–Crippen LogP) is 4.90. The van der Waals surface area contributed by atoms with Crippen LogP contribution in [0.1, 0.15) is 55.7 Å². The fourth-order valence-electron chi connectivity index (χ4n) is 5.17. The monoisotopic (exact) mass is 539 g/mol. The molecule has 2 aromatic carbocycles. The van der Waals surface area contributed by atoms with E-state index in [2.05, 4.69) is 32.3 Å². The van der Waals surface area contributed by atoms with Gasteiger partial charge in [0.25, 0.3) is 5.56 Å². The van der Waals surface area contributed by atoms with E-state index in [0.717, 1.165) is 29.0 Å². The third-order valence-electron chi connectivity index (χ3n) is 7.81. The molecule has 3 heterocycles. The molecule has 2 aromatic heterocycles. The molecule has 0 radical (unpaired) electrons. The standard InChI is InChI=1S/C28H32F3N7O/c1-5-27(3,4)38-25(33-34-35-38)24(22-16-19-9-6-8-18(2)23(19)32-26(22)39)37-14-12-36(13-15-37)21-11-7-10-20(17-21)28(29,30)31/h6-11,16-17,24H,5,12-15H2,1-4H3,(H,32,39)/t24-/m0/s1. The van der Waals surface area contributed by atoms with Crippen LogP contribution in [-0.2, 0) is 11.7 Å². The van der Waals surface area contributed by atoms with Crippen LogP contribution in [0.2, 0.25) is 0 Å². The van der Waals surface area contributed by atoms with Crippen molar-refractivity contribution in [3.63, 3.8) is 0 Å². The lowest BCUT2D eigenvalue weighted by atomic mass is 9.98. The van der Waals surface area contributed by atoms with Gasteiger partial charge < -0.3 is 9.88 Å². The summed E-state index contributed by atoms with van der Waals surface area (Å²) in [7, 11) is 0. The van der Waals surface area contributed by atoms with Crippen molar-refractivity contribution in [3.8, 4) is 0 Å². The number of hydrogen-bond acceptors (Lipinski definition) is 6. The van der Waals surface area contributed by atoms with Gasteiger partial charge in [0.05, 0.1) is 16.6 Å². The number of aryl methyl sites for hydroxylation is 1. The van der Waals surface area contributed by atoms with Crippen molar-refractivity contribution in [3.05, 3.63) is 81.4 Å². The Morgan fingerprint density at radius 2 is 1.74 bits per heavy atom. The number of nitrogens with zero attached hydrogens (tertiary/aromatic N) is 6. The normalized spacial score (nSPS) is 16.1. The number of rotatable bonds is 6. The zero-order valence-corrected chi connectivity index (χ0v) is 22.5. The fraction of sp³-hybridized carbons (Fsp3) is 0.429. The van der Waals surface area contributed by atoms with E-state index < -0.39 is 23.3 Å². The zero-order chi connectivity index (χ0) is 27.9. The van der Waals surface area contributed by atoms with Crippen molar-refractivity contribution in [2.45, 2.75) is 51.9 Å². The van der Waals surface area contributed by atoms with Gasteiger partial charge in [-0.2, -0.15) is 13.2 Å². The number of aromatic amines is 1. The molecule has 0 spiro atoms. The highest BCUT2D eigenvalue weighted by Crippen LogP contribution is 2.34. The van der Waals surface area contributed by atoms with Gasteiger partial charge in [0.2, 0.25) is 0 Å². The van der Waals surface area contributed by atoms with Crippen LogP contribution in [0.15, 0.2) is 53.3 Å². The summed E-state index contributed by atoms with van der Waals surface area (Å²) in [6.07, 6.45) is -3.63. The molecule has 4 aromatic rings. The van der Waals surface area contributed by atoms with Crippen LogP contribution in [0.25, 0.3) is 10.9 Å². The number of H-pyrrole nitrogens is 1. The van der Waals surface area contributed by atoms with Crippen LogP contribution in [0.5, 0.6) is 0 Å². The molecule has 1 N–H and O–H groups in total. The second kappa shape index (κ2) is 10.1. The largest absolute Gasteiger partial charge is 0.416 e. The van der Waals surface area contributed by atoms with Gasteiger partial charge in [-0.1, -0.05) is 31.2 Å². The van der Waals surface area contributed by atoms with E-state index in [0.29, 0.717) is 43.3 Å². The van der Waals surface area contributed by atoms with Gasteiger partial charge in [-0.05, 0) is 72.8 Å². The van der Waals surface area contributed by atoms with E-state index in [-0.39, 0.29) is 5.56 Å². The molecule has 1 atom stereocenters. The van der Waals surface area contributed by atoms with E-state index in [1.807, 2.05) is 49.9 Å². The summed E-state index contributed by atoms with van der Waals surface area (Å²) in [6, 6.07) is 12.6. The number of aromatic nitrogens is 5. The Hall–Kier alpha value is -3.73. The Morgan fingerprint density at radius 1 is 1.03 bits per heavy atom. The first-order valence-electron chi connectivity index (χ1n) is 13.1. The van der Waals surface area contributed by atoms with E-state index in [1.54, 1.807) is 10.7 Å². The number of para-hydroxylation sites is 1. The molecule has 1 fully saturated rings. The summed E-state index contributed by atoms with van der Waals surface area (Å²) in [6.45, 7) is 10.1. The molecule has 0 unspecified atom stereocenters. The number of halogens is 3. The van der Waals surface area contributed by atoms with Crippen molar-refractivity contribution in [1.29, 1.82) is 0 Å². The van der Waals surface area contributed by atoms with Crippen molar-refractivity contribution in [1.82, 2.24) is 30.1 Å². The molecular weight excluding hydrogens is 507 g/mol. The Balaban J connectivity index is 1.53. The Labute approximate surface area is 224 Å². The van der Waals surface area contributed by atoms with Gasteiger partial charge in [0.1, 0.15) is 6.04 Å². The molecule has 11 heteroatoms. The molecule has 0 bridgehead atoms. The summed E-state index contributed by atoms with van der Waals surface area (Å²) in [5.74, 6) is 0.562. The number of nitrogens with one attached hydrogen (secondary N) is 1. The van der Waals surface area contributed by atoms with Gasteiger partial charge in [0, 0.05) is 37.4 Å². The van der Waals surface area contributed by atoms with Crippen molar-refractivity contribution in [2.24, 2.45) is 0 Å². The van der Waals surface area contributed by atoms with Crippen LogP contribution in [0.3, 0.4) is 0 Å². The smallest absolute Gasteiger partial charge is 0.369 e. The first kappa shape index (κ1) is 26.9. The van der Waals surface area contributed by atoms with Crippen LogP contribution >= 0.6 is 0 Å². The Bertz CT molecular complexity index is 1530. The lowest BCUT2D eigenvalue weighted by molar-refractivity contribution is -0.137. The van der Waals surface area contributed by atoms with Gasteiger partial charge in [-0.15, -0.1) is 5.10 Å². The summed E-state index contributed by atoms with van der Waals surface area (Å²) in [5, 5.41) is 13.6. The quantitative estimate of drug-likeness (QED) is 0.376. The second-order valence-electron chi connectivity index (χ2n) is 10.7. The maximum Gasteiger partial charge on any atom is 0.416 e. The Kier molecular flexibility index (Phi) is 6.96. The molecule has 5 rings (SSSR count). The molecule has 8 nitrogen and oxygen atoms in total. The van der Waals surface area contributed by atoms with Gasteiger partial charge in [-0.3, -0.25) is 9.69 Å². The summed E-state index contributed by atoms with van der Waals surface area (Å²) < 4.78 is 41.7. The number of fused-ring (bicyclic) bond motifs is 1. The highest BCUT2D eigenvalue weighted by molar-refractivity contribution is 5.82. The molecule has 0 aliphatic carbocycles. The SMILES string of the molecule is CCC(C)(C)n1nnnc1[C@H](c1cc2cccc(C)c2[nH]c1=O)N1CCN(c2cccc(C(F)(F)F)c2)CC1. The van der Waals surface area contributed by atoms with Crippen LogP contribution in [0.4, 0.5) is 18.9 Å². The highest BCUT2D eigenvalue weighted by atomic mass is 19.4. The van der Waals surface area contributed by atoms with Crippen molar-refractivity contribution >= 4 is 16.6 Å². The number of hydrogen-bond donors (Lipinski definition) is 1. The number of piperazine rings is 1. The molecule has 39 heavy (non-hydrogen) atoms. The average molecular weight is 540 g/mol. The maximum absolute atomic E-state index is 13.5. The number of tetrazole rings is 1. The second-order valence-corrected chi connectivity index (χ2v) is 10.7. The summed E-state index contributed by atoms with van der Waals surface area (Å²) in [4.78, 5) is 20.7. The number of alkyl halides is 3. The Morgan fingerprint density at radius 3 is 2.44 bits per heavy atom. The van der Waals surface area contributed by atoms with Crippen LogP contribution in [0, 0.1) is 6.92 Å². The number of pyridine rings is 1. The first-order valence-corrected chi connectivity index (χ1v) is 13.1. The summed E-state index contributed by atoms with van der Waals surface area (Å²) in [5.41, 5.74) is 1.54. The minimum absolute atomic E-state index is 0.217. The first-order chi connectivity index (χ1) is 18.5. The third-order valence-corrected chi connectivity index (χ3v) is 7.81. The van der Waals surface area contributed by atoms with Crippen LogP contribution in [-0.4, -0.2) is 56.3 Å². The molecule has 1 saturated heterocycles. The molecule has 206 valence electrons. The van der Waals surface area contributed by atoms with Crippen molar-refractivity contribution < 1.29 is 13.2 Å². The van der Waals surface area contributed by atoms with Gasteiger partial charge in [-0.25, -0.2) is 4.68 Å². The molecule has 0 amide bonds.